The van der Waals surface area contributed by atoms with E-state index in [9.17, 15) is 9.59 Å². The highest BCUT2D eigenvalue weighted by atomic mass is 16.4. The highest BCUT2D eigenvalue weighted by molar-refractivity contribution is 5.81. The molecule has 4 heteroatoms. The fourth-order valence-electron chi connectivity index (χ4n) is 3.33. The lowest BCUT2D eigenvalue weighted by Gasteiger charge is -2.28. The molecule has 2 fully saturated rings. The molecular weight excluding hydrogens is 230 g/mol. The van der Waals surface area contributed by atoms with Gasteiger partial charge < -0.3 is 10.4 Å². The van der Waals surface area contributed by atoms with E-state index in [-0.39, 0.29) is 17.7 Å². The van der Waals surface area contributed by atoms with Crippen LogP contribution in [-0.4, -0.2) is 23.0 Å². The molecule has 2 aliphatic carbocycles. The van der Waals surface area contributed by atoms with Crippen molar-refractivity contribution in [1.29, 1.82) is 0 Å². The Morgan fingerprint density at radius 2 is 1.78 bits per heavy atom. The number of carbonyl (C=O) groups is 2. The minimum Gasteiger partial charge on any atom is -0.481 e. The van der Waals surface area contributed by atoms with E-state index in [4.69, 9.17) is 5.11 Å². The molecule has 102 valence electrons. The van der Waals surface area contributed by atoms with Crippen molar-refractivity contribution in [3.63, 3.8) is 0 Å². The van der Waals surface area contributed by atoms with E-state index in [1.165, 1.54) is 12.8 Å². The van der Waals surface area contributed by atoms with Gasteiger partial charge in [-0.3, -0.25) is 9.59 Å². The van der Waals surface area contributed by atoms with Crippen LogP contribution in [0.3, 0.4) is 0 Å². The zero-order chi connectivity index (χ0) is 13.1. The number of carboxylic acids is 1. The van der Waals surface area contributed by atoms with E-state index in [1.54, 1.807) is 0 Å². The molecule has 0 aromatic carbocycles. The molecule has 2 saturated carbocycles. The third-order valence-electron chi connectivity index (χ3n) is 4.44. The first-order valence-electron chi connectivity index (χ1n) is 7.09. The SMILES string of the molecule is CC1CCCC(NC(=O)C2CCC(C(=O)O)C2)C1. The summed E-state index contributed by atoms with van der Waals surface area (Å²) in [5.41, 5.74) is 0. The van der Waals surface area contributed by atoms with Gasteiger partial charge in [-0.25, -0.2) is 0 Å². The third-order valence-corrected chi connectivity index (χ3v) is 4.44. The quantitative estimate of drug-likeness (QED) is 0.810. The van der Waals surface area contributed by atoms with Crippen molar-refractivity contribution in [2.45, 2.75) is 57.9 Å². The van der Waals surface area contributed by atoms with Crippen LogP contribution in [0.15, 0.2) is 0 Å². The average Bonchev–Trinajstić information content (AvgIpc) is 2.78. The Kier molecular flexibility index (Phi) is 4.25. The number of carbonyl (C=O) groups excluding carboxylic acids is 1. The van der Waals surface area contributed by atoms with Gasteiger partial charge in [-0.2, -0.15) is 0 Å². The molecule has 0 radical (unpaired) electrons. The van der Waals surface area contributed by atoms with Crippen LogP contribution in [0.4, 0.5) is 0 Å². The van der Waals surface area contributed by atoms with Gasteiger partial charge in [0.05, 0.1) is 5.92 Å². The second-order valence-corrected chi connectivity index (χ2v) is 6.02. The number of hydrogen-bond acceptors (Lipinski definition) is 2. The molecule has 18 heavy (non-hydrogen) atoms. The van der Waals surface area contributed by atoms with Gasteiger partial charge in [0, 0.05) is 12.0 Å². The lowest BCUT2D eigenvalue weighted by atomic mass is 9.87. The van der Waals surface area contributed by atoms with Crippen molar-refractivity contribution >= 4 is 11.9 Å². The van der Waals surface area contributed by atoms with E-state index in [1.807, 2.05) is 0 Å². The van der Waals surface area contributed by atoms with Crippen LogP contribution in [0.2, 0.25) is 0 Å². The molecule has 0 saturated heterocycles. The van der Waals surface area contributed by atoms with Crippen LogP contribution in [0.5, 0.6) is 0 Å². The minimum absolute atomic E-state index is 0.0802. The molecule has 0 aromatic heterocycles. The maximum absolute atomic E-state index is 12.1. The Morgan fingerprint density at radius 1 is 1.06 bits per heavy atom. The lowest BCUT2D eigenvalue weighted by Crippen LogP contribution is -2.40. The van der Waals surface area contributed by atoms with E-state index < -0.39 is 5.97 Å². The number of carboxylic acid groups (broad SMARTS) is 1. The van der Waals surface area contributed by atoms with Crippen LogP contribution in [0.1, 0.15) is 51.9 Å². The fourth-order valence-corrected chi connectivity index (χ4v) is 3.33. The Bertz CT molecular complexity index is 329. The first-order chi connectivity index (χ1) is 8.56. The van der Waals surface area contributed by atoms with Gasteiger partial charge in [-0.1, -0.05) is 19.8 Å². The predicted molar refractivity (Wildman–Crippen MR) is 68.0 cm³/mol. The molecule has 0 bridgehead atoms. The molecule has 2 N–H and O–H groups in total. The fraction of sp³-hybridized carbons (Fsp3) is 0.857. The van der Waals surface area contributed by atoms with Gasteiger partial charge >= 0.3 is 5.97 Å². The molecule has 4 unspecified atom stereocenters. The Labute approximate surface area is 108 Å². The molecule has 0 aliphatic heterocycles. The molecule has 4 nitrogen and oxygen atoms in total. The van der Waals surface area contributed by atoms with Gasteiger partial charge in [0.2, 0.25) is 5.91 Å². The zero-order valence-corrected chi connectivity index (χ0v) is 11.0. The van der Waals surface area contributed by atoms with Crippen molar-refractivity contribution in [3.8, 4) is 0 Å². The number of aliphatic carboxylic acids is 1. The number of amides is 1. The van der Waals surface area contributed by atoms with Gasteiger partial charge in [0.25, 0.3) is 0 Å². The second-order valence-electron chi connectivity index (χ2n) is 6.02. The van der Waals surface area contributed by atoms with Crippen molar-refractivity contribution in [2.24, 2.45) is 17.8 Å². The van der Waals surface area contributed by atoms with Gasteiger partial charge in [-0.15, -0.1) is 0 Å². The molecule has 0 spiro atoms. The maximum atomic E-state index is 12.1. The topological polar surface area (TPSA) is 66.4 Å². The Morgan fingerprint density at radius 3 is 2.39 bits per heavy atom. The zero-order valence-electron chi connectivity index (χ0n) is 11.0. The standard InChI is InChI=1S/C14H23NO3/c1-9-3-2-4-12(7-9)15-13(16)10-5-6-11(8-10)14(17)18/h9-12H,2-8H2,1H3,(H,15,16)(H,17,18). The number of nitrogens with one attached hydrogen (secondary N) is 1. The van der Waals surface area contributed by atoms with E-state index in [0.717, 1.165) is 19.3 Å². The molecular formula is C14H23NO3. The molecule has 0 aromatic rings. The Balaban J connectivity index is 1.80. The van der Waals surface area contributed by atoms with Crippen LogP contribution in [0.25, 0.3) is 0 Å². The summed E-state index contributed by atoms with van der Waals surface area (Å²) in [5.74, 6) is -0.372. The van der Waals surface area contributed by atoms with Crippen molar-refractivity contribution in [3.05, 3.63) is 0 Å². The third kappa shape index (κ3) is 3.24. The molecule has 2 rings (SSSR count). The smallest absolute Gasteiger partial charge is 0.306 e. The number of hydrogen-bond donors (Lipinski definition) is 2. The van der Waals surface area contributed by atoms with E-state index in [2.05, 4.69) is 12.2 Å². The summed E-state index contributed by atoms with van der Waals surface area (Å²) in [5, 5.41) is 12.1. The normalized spacial score (nSPS) is 36.3. The van der Waals surface area contributed by atoms with Crippen molar-refractivity contribution < 1.29 is 14.7 Å². The van der Waals surface area contributed by atoms with Crippen molar-refractivity contribution in [2.75, 3.05) is 0 Å². The number of rotatable bonds is 3. The summed E-state index contributed by atoms with van der Waals surface area (Å²) in [4.78, 5) is 23.0. The molecule has 1 amide bonds. The monoisotopic (exact) mass is 253 g/mol. The Hall–Kier alpha value is -1.06. The van der Waals surface area contributed by atoms with Crippen LogP contribution in [-0.2, 0) is 9.59 Å². The largest absolute Gasteiger partial charge is 0.481 e. The minimum atomic E-state index is -0.753. The van der Waals surface area contributed by atoms with Crippen LogP contribution < -0.4 is 5.32 Å². The van der Waals surface area contributed by atoms with E-state index >= 15 is 0 Å². The van der Waals surface area contributed by atoms with Crippen molar-refractivity contribution in [1.82, 2.24) is 5.32 Å². The predicted octanol–water partition coefficient (Wildman–Crippen LogP) is 2.18. The first-order valence-corrected chi connectivity index (χ1v) is 7.09. The van der Waals surface area contributed by atoms with Crippen LogP contribution in [0, 0.1) is 17.8 Å². The summed E-state index contributed by atoms with van der Waals surface area (Å²) < 4.78 is 0. The maximum Gasteiger partial charge on any atom is 0.306 e. The summed E-state index contributed by atoms with van der Waals surface area (Å²) in [6.45, 7) is 2.23. The summed E-state index contributed by atoms with van der Waals surface area (Å²) >= 11 is 0. The lowest BCUT2D eigenvalue weighted by molar-refractivity contribution is -0.141. The van der Waals surface area contributed by atoms with Gasteiger partial charge in [-0.05, 0) is 38.0 Å². The van der Waals surface area contributed by atoms with Gasteiger partial charge in [0.1, 0.15) is 0 Å². The van der Waals surface area contributed by atoms with E-state index in [0.29, 0.717) is 24.8 Å². The summed E-state index contributed by atoms with van der Waals surface area (Å²) in [7, 11) is 0. The van der Waals surface area contributed by atoms with Gasteiger partial charge in [0.15, 0.2) is 0 Å². The molecule has 2 aliphatic rings. The highest BCUT2D eigenvalue weighted by Crippen LogP contribution is 2.32. The van der Waals surface area contributed by atoms with Crippen LogP contribution >= 0.6 is 0 Å². The first kappa shape index (κ1) is 13.4. The highest BCUT2D eigenvalue weighted by Gasteiger charge is 2.34. The average molecular weight is 253 g/mol. The second kappa shape index (κ2) is 5.72. The molecule has 0 heterocycles. The summed E-state index contributed by atoms with van der Waals surface area (Å²) in [6, 6.07) is 0.310. The summed E-state index contributed by atoms with van der Waals surface area (Å²) in [6.07, 6.45) is 6.49. The molecule has 4 atom stereocenters.